The second-order valence-corrected chi connectivity index (χ2v) is 7.86. The highest BCUT2D eigenvalue weighted by atomic mass is 19.1. The molecule has 2 aromatic rings. The fourth-order valence-corrected chi connectivity index (χ4v) is 4.56. The van der Waals surface area contributed by atoms with Crippen LogP contribution in [0.25, 0.3) is 0 Å². The lowest BCUT2D eigenvalue weighted by Gasteiger charge is -2.45. The van der Waals surface area contributed by atoms with Gasteiger partial charge in [-0.05, 0) is 48.7 Å². The molecule has 3 heterocycles. The minimum Gasteiger partial charge on any atom is -0.338 e. The number of rotatable bonds is 2. The Kier molecular flexibility index (Phi) is 4.15. The van der Waals surface area contributed by atoms with Crippen LogP contribution in [0.5, 0.6) is 0 Å². The molecule has 1 spiro atoms. The van der Waals surface area contributed by atoms with Crippen LogP contribution >= 0.6 is 0 Å². The maximum atomic E-state index is 13.9. The Hall–Kier alpha value is -2.94. The molecule has 5 nitrogen and oxygen atoms in total. The summed E-state index contributed by atoms with van der Waals surface area (Å²) in [7, 11) is 0. The summed E-state index contributed by atoms with van der Waals surface area (Å²) in [5.41, 5.74) is -1.34. The van der Waals surface area contributed by atoms with Crippen LogP contribution in [-0.4, -0.2) is 46.5 Å². The van der Waals surface area contributed by atoms with Gasteiger partial charge in [0.2, 0.25) is 0 Å². The molecule has 9 heteroatoms. The van der Waals surface area contributed by atoms with Crippen LogP contribution in [0.15, 0.2) is 36.4 Å². The van der Waals surface area contributed by atoms with E-state index in [1.54, 1.807) is 0 Å². The summed E-state index contributed by atoms with van der Waals surface area (Å²) in [6.07, 6.45) is 0.423. The van der Waals surface area contributed by atoms with Crippen LogP contribution in [0.3, 0.4) is 0 Å². The smallest absolute Gasteiger partial charge is 0.261 e. The molecule has 5 rings (SSSR count). The van der Waals surface area contributed by atoms with Crippen molar-refractivity contribution in [2.45, 2.75) is 30.7 Å². The molecule has 0 N–H and O–H groups in total. The molecule has 3 fully saturated rings. The number of likely N-dealkylation sites (tertiary alicyclic amines) is 1. The van der Waals surface area contributed by atoms with E-state index in [1.807, 2.05) is 0 Å². The third kappa shape index (κ3) is 2.79. The number of fused-ring (bicyclic) bond motifs is 1. The Bertz CT molecular complexity index is 1050. The fourth-order valence-electron chi connectivity index (χ4n) is 4.56. The highest BCUT2D eigenvalue weighted by Gasteiger charge is 2.63. The first kappa shape index (κ1) is 19.0. The highest BCUT2D eigenvalue weighted by Crippen LogP contribution is 2.47. The number of amides is 2. The largest absolute Gasteiger partial charge is 0.338 e. The van der Waals surface area contributed by atoms with Gasteiger partial charge in [-0.2, -0.15) is 0 Å². The van der Waals surface area contributed by atoms with Gasteiger partial charge in [0, 0.05) is 6.07 Å². The van der Waals surface area contributed by atoms with Gasteiger partial charge in [-0.25, -0.2) is 17.6 Å². The van der Waals surface area contributed by atoms with Crippen LogP contribution in [0.1, 0.15) is 34.8 Å². The monoisotopic (exact) mass is 420 g/mol. The van der Waals surface area contributed by atoms with E-state index in [2.05, 4.69) is 0 Å². The summed E-state index contributed by atoms with van der Waals surface area (Å²) in [6.45, 7) is -0.199. The highest BCUT2D eigenvalue weighted by molar-refractivity contribution is 5.98. The summed E-state index contributed by atoms with van der Waals surface area (Å²) in [5.74, 6) is -4.15. The minimum atomic E-state index is -1.27. The quantitative estimate of drug-likeness (QED) is 0.702. The van der Waals surface area contributed by atoms with E-state index in [9.17, 15) is 27.2 Å². The lowest BCUT2D eigenvalue weighted by Crippen LogP contribution is -2.67. The van der Waals surface area contributed by atoms with Gasteiger partial charge in [0.05, 0.1) is 24.7 Å². The van der Waals surface area contributed by atoms with Crippen molar-refractivity contribution < 1.29 is 31.9 Å². The maximum Gasteiger partial charge on any atom is 0.261 e. The van der Waals surface area contributed by atoms with Gasteiger partial charge in [0.1, 0.15) is 29.5 Å². The van der Waals surface area contributed by atoms with E-state index >= 15 is 0 Å². The van der Waals surface area contributed by atoms with Gasteiger partial charge in [0.15, 0.2) is 5.60 Å². The third-order valence-corrected chi connectivity index (χ3v) is 5.93. The Morgan fingerprint density at radius 1 is 0.967 bits per heavy atom. The standard InChI is InChI=1S/C21H16F4N2O3/c22-12-1-2-16(25)15(8-12)19(28)26-9-21(10-26)20(29)27-17(3-4-18(27)30-21)11-5-13(23)7-14(24)6-11/h1-2,5-8,17-18H,3-4,9-10H2/t17-,18+/m0/s1. The first-order valence-electron chi connectivity index (χ1n) is 9.48. The zero-order valence-corrected chi connectivity index (χ0v) is 15.6. The van der Waals surface area contributed by atoms with Gasteiger partial charge >= 0.3 is 0 Å². The van der Waals surface area contributed by atoms with Crippen molar-refractivity contribution in [2.24, 2.45) is 0 Å². The molecule has 0 aliphatic carbocycles. The van der Waals surface area contributed by atoms with Gasteiger partial charge in [-0.1, -0.05) is 0 Å². The molecule has 3 saturated heterocycles. The molecule has 2 atom stereocenters. The normalized spacial score (nSPS) is 24.3. The zero-order chi connectivity index (χ0) is 21.2. The van der Waals surface area contributed by atoms with E-state index in [0.29, 0.717) is 18.4 Å². The van der Waals surface area contributed by atoms with Crippen molar-refractivity contribution in [1.29, 1.82) is 0 Å². The predicted octanol–water partition coefficient (Wildman–Crippen LogP) is 3.16. The lowest BCUT2D eigenvalue weighted by molar-refractivity contribution is -0.154. The molecular weight excluding hydrogens is 404 g/mol. The Morgan fingerprint density at radius 2 is 1.67 bits per heavy atom. The van der Waals surface area contributed by atoms with Crippen LogP contribution in [0, 0.1) is 23.3 Å². The van der Waals surface area contributed by atoms with E-state index in [-0.39, 0.29) is 19.0 Å². The topological polar surface area (TPSA) is 49.9 Å². The van der Waals surface area contributed by atoms with Crippen molar-refractivity contribution in [3.05, 3.63) is 70.8 Å². The number of halogens is 4. The molecule has 30 heavy (non-hydrogen) atoms. The number of carbonyl (C=O) groups excluding carboxylic acids is 2. The molecule has 0 saturated carbocycles. The summed E-state index contributed by atoms with van der Waals surface area (Å²) in [4.78, 5) is 28.3. The molecular formula is C21H16F4N2O3. The minimum absolute atomic E-state index is 0.0994. The van der Waals surface area contributed by atoms with E-state index < -0.39 is 52.6 Å². The predicted molar refractivity (Wildman–Crippen MR) is 95.0 cm³/mol. The summed E-state index contributed by atoms with van der Waals surface area (Å²) < 4.78 is 60.5. The summed E-state index contributed by atoms with van der Waals surface area (Å²) in [5, 5.41) is 0. The van der Waals surface area contributed by atoms with Gasteiger partial charge in [-0.3, -0.25) is 9.59 Å². The van der Waals surface area contributed by atoms with Crippen molar-refractivity contribution in [3.8, 4) is 0 Å². The Morgan fingerprint density at radius 3 is 2.37 bits per heavy atom. The van der Waals surface area contributed by atoms with Crippen molar-refractivity contribution in [3.63, 3.8) is 0 Å². The van der Waals surface area contributed by atoms with Gasteiger partial charge in [-0.15, -0.1) is 0 Å². The summed E-state index contributed by atoms with van der Waals surface area (Å²) >= 11 is 0. The molecule has 0 unspecified atom stereocenters. The number of nitrogens with zero attached hydrogens (tertiary/aromatic N) is 2. The Balaban J connectivity index is 1.35. The number of hydrogen-bond acceptors (Lipinski definition) is 3. The molecule has 156 valence electrons. The first-order valence-corrected chi connectivity index (χ1v) is 9.48. The van der Waals surface area contributed by atoms with Crippen LogP contribution in [0.2, 0.25) is 0 Å². The van der Waals surface area contributed by atoms with Crippen LogP contribution < -0.4 is 0 Å². The average Bonchev–Trinajstić information content (AvgIpc) is 3.19. The van der Waals surface area contributed by atoms with Crippen molar-refractivity contribution in [2.75, 3.05) is 13.1 Å². The molecule has 0 bridgehead atoms. The van der Waals surface area contributed by atoms with E-state index in [1.165, 1.54) is 21.9 Å². The first-order chi connectivity index (χ1) is 14.3. The van der Waals surface area contributed by atoms with Gasteiger partial charge < -0.3 is 14.5 Å². The second kappa shape index (κ2) is 6.53. The van der Waals surface area contributed by atoms with E-state index in [4.69, 9.17) is 4.74 Å². The average molecular weight is 420 g/mol. The number of carbonyl (C=O) groups is 2. The van der Waals surface area contributed by atoms with Crippen molar-refractivity contribution in [1.82, 2.24) is 9.80 Å². The van der Waals surface area contributed by atoms with Gasteiger partial charge in [0.25, 0.3) is 11.8 Å². The number of hydrogen-bond donors (Lipinski definition) is 0. The lowest BCUT2D eigenvalue weighted by atomic mass is 9.91. The molecule has 0 aromatic heterocycles. The molecule has 3 aliphatic heterocycles. The molecule has 3 aliphatic rings. The Labute approximate surface area is 168 Å². The summed E-state index contributed by atoms with van der Waals surface area (Å²) in [6, 6.07) is 5.21. The molecule has 2 amide bonds. The van der Waals surface area contributed by atoms with E-state index in [0.717, 1.165) is 24.3 Å². The fraction of sp³-hybridized carbons (Fsp3) is 0.333. The van der Waals surface area contributed by atoms with Crippen LogP contribution in [-0.2, 0) is 9.53 Å². The van der Waals surface area contributed by atoms with Crippen molar-refractivity contribution >= 4 is 11.8 Å². The van der Waals surface area contributed by atoms with Crippen LogP contribution in [0.4, 0.5) is 17.6 Å². The third-order valence-electron chi connectivity index (χ3n) is 5.93. The second-order valence-electron chi connectivity index (χ2n) is 7.86. The molecule has 2 aromatic carbocycles. The number of ether oxygens (including phenoxy) is 1. The zero-order valence-electron chi connectivity index (χ0n) is 15.6. The molecule has 0 radical (unpaired) electrons. The SMILES string of the molecule is O=C(c1cc(F)ccc1F)N1CC2(C1)O[C@@H]1CC[C@@H](c3cc(F)cc(F)c3)N1C2=O. The maximum absolute atomic E-state index is 13.9. The number of benzene rings is 2.